The first-order chi connectivity index (χ1) is 7.84. The Morgan fingerprint density at radius 2 is 2.31 bits per heavy atom. The van der Waals surface area contributed by atoms with Crippen LogP contribution in [0.1, 0.15) is 18.4 Å². The van der Waals surface area contributed by atoms with Crippen LogP contribution in [0.4, 0.5) is 0 Å². The monoisotopic (exact) mass is 213 g/mol. The van der Waals surface area contributed by atoms with Crippen molar-refractivity contribution in [3.05, 3.63) is 36.0 Å². The second-order valence-electron chi connectivity index (χ2n) is 4.33. The van der Waals surface area contributed by atoms with Crippen molar-refractivity contribution in [1.82, 2.24) is 15.1 Å². The molecule has 1 aliphatic rings. The Morgan fingerprint density at radius 1 is 1.38 bits per heavy atom. The summed E-state index contributed by atoms with van der Waals surface area (Å²) >= 11 is 0. The predicted octanol–water partition coefficient (Wildman–Crippen LogP) is 2.63. The summed E-state index contributed by atoms with van der Waals surface area (Å²) in [6.45, 7) is 1.15. The molecule has 2 aromatic rings. The molecule has 3 nitrogen and oxygen atoms in total. The van der Waals surface area contributed by atoms with E-state index in [-0.39, 0.29) is 0 Å². The summed E-state index contributed by atoms with van der Waals surface area (Å²) in [6, 6.07) is 6.47. The van der Waals surface area contributed by atoms with Gasteiger partial charge in [0.1, 0.15) is 0 Å². The van der Waals surface area contributed by atoms with Gasteiger partial charge in [-0.3, -0.25) is 5.10 Å². The molecule has 0 aliphatic carbocycles. The van der Waals surface area contributed by atoms with Crippen LogP contribution in [0, 0.1) is 0 Å². The minimum absolute atomic E-state index is 1.11. The zero-order valence-corrected chi connectivity index (χ0v) is 9.40. The van der Waals surface area contributed by atoms with Crippen LogP contribution in [0.3, 0.4) is 0 Å². The highest BCUT2D eigenvalue weighted by molar-refractivity contribution is 5.82. The molecule has 0 atom stereocenters. The number of benzene rings is 1. The predicted molar refractivity (Wildman–Crippen MR) is 65.9 cm³/mol. The van der Waals surface area contributed by atoms with Crippen LogP contribution in [0.15, 0.2) is 30.5 Å². The van der Waals surface area contributed by atoms with Crippen molar-refractivity contribution < 1.29 is 0 Å². The van der Waals surface area contributed by atoms with E-state index in [0.29, 0.717) is 0 Å². The molecule has 0 bridgehead atoms. The van der Waals surface area contributed by atoms with Crippen molar-refractivity contribution in [1.29, 1.82) is 0 Å². The second kappa shape index (κ2) is 3.67. The van der Waals surface area contributed by atoms with E-state index in [9.17, 15) is 0 Å². The summed E-state index contributed by atoms with van der Waals surface area (Å²) < 4.78 is 0. The highest BCUT2D eigenvalue weighted by Gasteiger charge is 2.11. The average molecular weight is 213 g/mol. The summed E-state index contributed by atoms with van der Waals surface area (Å²) in [5.74, 6) is 0. The van der Waals surface area contributed by atoms with E-state index in [4.69, 9.17) is 0 Å². The summed E-state index contributed by atoms with van der Waals surface area (Å²) in [6.07, 6.45) is 6.62. The van der Waals surface area contributed by atoms with Gasteiger partial charge in [-0.25, -0.2) is 0 Å². The van der Waals surface area contributed by atoms with Crippen LogP contribution in [0.2, 0.25) is 0 Å². The van der Waals surface area contributed by atoms with Gasteiger partial charge in [0.05, 0.1) is 11.7 Å². The van der Waals surface area contributed by atoms with Gasteiger partial charge in [0.25, 0.3) is 0 Å². The SMILES string of the molecule is CN1CCCC=C1c1ccc2cn[nH]c2c1. The molecular weight excluding hydrogens is 198 g/mol. The van der Waals surface area contributed by atoms with Crippen LogP contribution in [0.5, 0.6) is 0 Å². The van der Waals surface area contributed by atoms with Crippen LogP contribution >= 0.6 is 0 Å². The molecule has 1 aliphatic heterocycles. The molecule has 0 radical (unpaired) electrons. The molecule has 0 fully saturated rings. The number of hydrogen-bond acceptors (Lipinski definition) is 2. The number of fused-ring (bicyclic) bond motifs is 1. The number of nitrogens with zero attached hydrogens (tertiary/aromatic N) is 2. The standard InChI is InChI=1S/C13H15N3/c1-16-7-3-2-4-13(16)10-5-6-11-9-14-15-12(11)8-10/h4-6,8-9H,2-3,7H2,1H3,(H,14,15). The lowest BCUT2D eigenvalue weighted by molar-refractivity contribution is 0.449. The number of nitrogens with one attached hydrogen (secondary N) is 1. The first-order valence-electron chi connectivity index (χ1n) is 5.69. The number of aromatic nitrogens is 2. The molecule has 0 saturated heterocycles. The lowest BCUT2D eigenvalue weighted by Crippen LogP contribution is -2.21. The van der Waals surface area contributed by atoms with Crippen molar-refractivity contribution in [2.24, 2.45) is 0 Å². The lowest BCUT2D eigenvalue weighted by Gasteiger charge is -2.26. The van der Waals surface area contributed by atoms with E-state index in [2.05, 4.69) is 46.4 Å². The maximum absolute atomic E-state index is 4.05. The Hall–Kier alpha value is -1.77. The third-order valence-electron chi connectivity index (χ3n) is 3.18. The first-order valence-corrected chi connectivity index (χ1v) is 5.69. The zero-order valence-electron chi connectivity index (χ0n) is 9.40. The average Bonchev–Trinajstić information content (AvgIpc) is 2.76. The van der Waals surface area contributed by atoms with Crippen LogP contribution in [-0.2, 0) is 0 Å². The van der Waals surface area contributed by atoms with E-state index < -0.39 is 0 Å². The number of H-pyrrole nitrogens is 1. The maximum atomic E-state index is 4.05. The molecule has 3 rings (SSSR count). The Bertz CT molecular complexity index is 539. The van der Waals surface area contributed by atoms with Crippen LogP contribution in [0.25, 0.3) is 16.6 Å². The Kier molecular flexibility index (Phi) is 2.17. The Balaban J connectivity index is 2.07. The quantitative estimate of drug-likeness (QED) is 0.789. The summed E-state index contributed by atoms with van der Waals surface area (Å²) in [5, 5.41) is 8.24. The van der Waals surface area contributed by atoms with Gasteiger partial charge in [-0.2, -0.15) is 5.10 Å². The molecular formula is C13H15N3. The van der Waals surface area contributed by atoms with Gasteiger partial charge in [0, 0.05) is 24.7 Å². The molecule has 2 heterocycles. The Labute approximate surface area is 94.8 Å². The van der Waals surface area contributed by atoms with Gasteiger partial charge in [-0.05, 0) is 24.5 Å². The van der Waals surface area contributed by atoms with E-state index in [1.807, 2.05) is 6.20 Å². The molecule has 16 heavy (non-hydrogen) atoms. The zero-order chi connectivity index (χ0) is 11.0. The summed E-state index contributed by atoms with van der Waals surface area (Å²) in [4.78, 5) is 2.32. The van der Waals surface area contributed by atoms with Crippen LogP contribution < -0.4 is 0 Å². The highest BCUT2D eigenvalue weighted by atomic mass is 15.1. The number of hydrogen-bond donors (Lipinski definition) is 1. The molecule has 82 valence electrons. The van der Waals surface area contributed by atoms with Gasteiger partial charge in [0.15, 0.2) is 0 Å². The van der Waals surface area contributed by atoms with Crippen molar-refractivity contribution in [2.45, 2.75) is 12.8 Å². The third-order valence-corrected chi connectivity index (χ3v) is 3.18. The van der Waals surface area contributed by atoms with E-state index >= 15 is 0 Å². The van der Waals surface area contributed by atoms with Crippen molar-refractivity contribution in [3.63, 3.8) is 0 Å². The number of rotatable bonds is 1. The molecule has 1 aromatic carbocycles. The lowest BCUT2D eigenvalue weighted by atomic mass is 10.0. The van der Waals surface area contributed by atoms with Crippen LogP contribution in [-0.4, -0.2) is 28.7 Å². The minimum atomic E-state index is 1.11. The largest absolute Gasteiger partial charge is 0.374 e. The van der Waals surface area contributed by atoms with Gasteiger partial charge in [-0.15, -0.1) is 0 Å². The fraction of sp³-hybridized carbons (Fsp3) is 0.308. The van der Waals surface area contributed by atoms with Crippen molar-refractivity contribution >= 4 is 16.6 Å². The minimum Gasteiger partial charge on any atom is -0.374 e. The number of aromatic amines is 1. The fourth-order valence-electron chi connectivity index (χ4n) is 2.28. The van der Waals surface area contributed by atoms with Gasteiger partial charge < -0.3 is 4.90 Å². The van der Waals surface area contributed by atoms with E-state index in [1.54, 1.807) is 0 Å². The topological polar surface area (TPSA) is 31.9 Å². The molecule has 0 saturated carbocycles. The molecule has 0 amide bonds. The van der Waals surface area contributed by atoms with Gasteiger partial charge in [0.2, 0.25) is 0 Å². The highest BCUT2D eigenvalue weighted by Crippen LogP contribution is 2.25. The van der Waals surface area contributed by atoms with Gasteiger partial charge >= 0.3 is 0 Å². The third kappa shape index (κ3) is 1.48. The molecule has 0 unspecified atom stereocenters. The smallest absolute Gasteiger partial charge is 0.0657 e. The maximum Gasteiger partial charge on any atom is 0.0657 e. The van der Waals surface area contributed by atoms with E-state index in [0.717, 1.165) is 12.1 Å². The summed E-state index contributed by atoms with van der Waals surface area (Å²) in [5.41, 5.74) is 3.72. The Morgan fingerprint density at radius 3 is 3.19 bits per heavy atom. The molecule has 1 aromatic heterocycles. The fourth-order valence-corrected chi connectivity index (χ4v) is 2.28. The number of allylic oxidation sites excluding steroid dienone is 1. The van der Waals surface area contributed by atoms with Crippen molar-refractivity contribution in [2.75, 3.05) is 13.6 Å². The normalized spacial score (nSPS) is 16.6. The van der Waals surface area contributed by atoms with Crippen molar-refractivity contribution in [3.8, 4) is 0 Å². The molecule has 0 spiro atoms. The molecule has 3 heteroatoms. The first kappa shape index (κ1) is 9.46. The second-order valence-corrected chi connectivity index (χ2v) is 4.33. The summed E-state index contributed by atoms with van der Waals surface area (Å²) in [7, 11) is 2.15. The van der Waals surface area contributed by atoms with Gasteiger partial charge in [-0.1, -0.05) is 18.2 Å². The van der Waals surface area contributed by atoms with E-state index in [1.165, 1.54) is 29.5 Å². The molecule has 1 N–H and O–H groups in total.